The van der Waals surface area contributed by atoms with E-state index in [4.69, 9.17) is 0 Å². The number of piperazine rings is 1. The highest BCUT2D eigenvalue weighted by molar-refractivity contribution is 6.00. The van der Waals surface area contributed by atoms with Crippen molar-refractivity contribution in [3.63, 3.8) is 0 Å². The molecule has 6 heteroatoms. The Kier molecular flexibility index (Phi) is 3.42. The summed E-state index contributed by atoms with van der Waals surface area (Å²) in [6.45, 7) is 6.40. The Labute approximate surface area is 145 Å². The summed E-state index contributed by atoms with van der Waals surface area (Å²) in [4.78, 5) is 32.8. The summed E-state index contributed by atoms with van der Waals surface area (Å²) in [5.74, 6) is -0.388. The maximum atomic E-state index is 13.7. The summed E-state index contributed by atoms with van der Waals surface area (Å²) >= 11 is 0. The lowest BCUT2D eigenvalue weighted by atomic mass is 9.82. The summed E-state index contributed by atoms with van der Waals surface area (Å²) < 4.78 is 13.7. The number of H-pyrrole nitrogens is 1. The van der Waals surface area contributed by atoms with Crippen LogP contribution in [0.2, 0.25) is 0 Å². The highest BCUT2D eigenvalue weighted by Gasteiger charge is 2.54. The van der Waals surface area contributed by atoms with E-state index in [0.717, 1.165) is 28.6 Å². The molecule has 3 heterocycles. The molecule has 0 saturated carbocycles. The van der Waals surface area contributed by atoms with E-state index in [1.54, 1.807) is 15.9 Å². The predicted molar refractivity (Wildman–Crippen MR) is 92.5 cm³/mol. The Morgan fingerprint density at radius 3 is 2.84 bits per heavy atom. The SMILES string of the molecule is CC[C@H](C)N1CC(=O)N2CCc3c([nH]c4ccc(F)cc34)[C@]2(C)C1=O. The second-order valence-electron chi connectivity index (χ2n) is 7.23. The number of carbonyl (C=O) groups is 2. The van der Waals surface area contributed by atoms with Crippen molar-refractivity contribution in [2.24, 2.45) is 0 Å². The van der Waals surface area contributed by atoms with Crippen molar-refractivity contribution < 1.29 is 14.0 Å². The standard InChI is InChI=1S/C19H22FN3O2/c1-4-11(2)22-10-16(24)23-8-7-13-14-9-12(20)5-6-15(14)21-17(13)19(23,3)18(22)25/h5-6,9,11,21H,4,7-8,10H2,1-3H3/t11-,19+/m0/s1. The Balaban J connectivity index is 1.92. The summed E-state index contributed by atoms with van der Waals surface area (Å²) in [5.41, 5.74) is 1.42. The van der Waals surface area contributed by atoms with Crippen molar-refractivity contribution >= 4 is 22.7 Å². The normalized spacial score (nSPS) is 24.5. The number of nitrogens with one attached hydrogen (secondary N) is 1. The van der Waals surface area contributed by atoms with E-state index >= 15 is 0 Å². The number of fused-ring (bicyclic) bond motifs is 5. The Bertz CT molecular complexity index is 890. The van der Waals surface area contributed by atoms with Crippen LogP contribution in [0.4, 0.5) is 4.39 Å². The van der Waals surface area contributed by atoms with Gasteiger partial charge in [-0.25, -0.2) is 4.39 Å². The first kappa shape index (κ1) is 16.1. The molecular formula is C19H22FN3O2. The first-order valence-electron chi connectivity index (χ1n) is 8.80. The van der Waals surface area contributed by atoms with Crippen LogP contribution in [0.15, 0.2) is 18.2 Å². The van der Waals surface area contributed by atoms with Crippen molar-refractivity contribution in [3.05, 3.63) is 35.3 Å². The zero-order valence-electron chi connectivity index (χ0n) is 14.7. The van der Waals surface area contributed by atoms with Gasteiger partial charge >= 0.3 is 0 Å². The van der Waals surface area contributed by atoms with Gasteiger partial charge in [-0.15, -0.1) is 0 Å². The van der Waals surface area contributed by atoms with Crippen LogP contribution >= 0.6 is 0 Å². The van der Waals surface area contributed by atoms with Gasteiger partial charge in [0.15, 0.2) is 5.54 Å². The second kappa shape index (κ2) is 5.31. The molecule has 1 saturated heterocycles. The van der Waals surface area contributed by atoms with Crippen molar-refractivity contribution in [1.82, 2.24) is 14.8 Å². The summed E-state index contributed by atoms with van der Waals surface area (Å²) in [6.07, 6.45) is 1.41. The third-order valence-corrected chi connectivity index (χ3v) is 5.89. The fraction of sp³-hybridized carbons (Fsp3) is 0.474. The van der Waals surface area contributed by atoms with E-state index in [1.807, 2.05) is 20.8 Å². The predicted octanol–water partition coefficient (Wildman–Crippen LogP) is 2.55. The molecule has 0 unspecified atom stereocenters. The highest BCUT2D eigenvalue weighted by atomic mass is 19.1. The minimum atomic E-state index is -1.05. The van der Waals surface area contributed by atoms with Crippen LogP contribution in [-0.2, 0) is 21.5 Å². The largest absolute Gasteiger partial charge is 0.356 e. The molecule has 4 rings (SSSR count). The lowest BCUT2D eigenvalue weighted by Gasteiger charge is -2.50. The summed E-state index contributed by atoms with van der Waals surface area (Å²) in [7, 11) is 0. The topological polar surface area (TPSA) is 56.4 Å². The molecule has 0 bridgehead atoms. The average Bonchev–Trinajstić information content (AvgIpc) is 2.96. The highest BCUT2D eigenvalue weighted by Crippen LogP contribution is 2.42. The summed E-state index contributed by atoms with van der Waals surface area (Å²) in [6, 6.07) is 4.61. The Hall–Kier alpha value is -2.37. The monoisotopic (exact) mass is 343 g/mol. The molecule has 2 aromatic rings. The molecular weight excluding hydrogens is 321 g/mol. The third kappa shape index (κ3) is 2.06. The zero-order chi connectivity index (χ0) is 17.9. The third-order valence-electron chi connectivity index (χ3n) is 5.89. The zero-order valence-corrected chi connectivity index (χ0v) is 14.7. The van der Waals surface area contributed by atoms with Gasteiger partial charge < -0.3 is 14.8 Å². The number of carbonyl (C=O) groups excluding carboxylic acids is 2. The van der Waals surface area contributed by atoms with Crippen LogP contribution in [0.25, 0.3) is 10.9 Å². The minimum absolute atomic E-state index is 0.00243. The van der Waals surface area contributed by atoms with E-state index in [9.17, 15) is 14.0 Å². The Morgan fingerprint density at radius 2 is 2.12 bits per heavy atom. The van der Waals surface area contributed by atoms with Crippen LogP contribution < -0.4 is 0 Å². The summed E-state index contributed by atoms with van der Waals surface area (Å²) in [5, 5.41) is 0.803. The van der Waals surface area contributed by atoms with Crippen LogP contribution in [0, 0.1) is 5.82 Å². The van der Waals surface area contributed by atoms with Crippen molar-refractivity contribution in [3.8, 4) is 0 Å². The number of nitrogens with zero attached hydrogens (tertiary/aromatic N) is 2. The van der Waals surface area contributed by atoms with E-state index in [0.29, 0.717) is 13.0 Å². The van der Waals surface area contributed by atoms with Gasteiger partial charge in [-0.2, -0.15) is 0 Å². The fourth-order valence-electron chi connectivity index (χ4n) is 4.23. The molecule has 0 radical (unpaired) electrons. The number of aromatic amines is 1. The second-order valence-corrected chi connectivity index (χ2v) is 7.23. The smallest absolute Gasteiger partial charge is 0.255 e. The van der Waals surface area contributed by atoms with Crippen molar-refractivity contribution in [2.45, 2.75) is 45.2 Å². The maximum absolute atomic E-state index is 13.7. The van der Waals surface area contributed by atoms with Gasteiger partial charge in [0.05, 0.1) is 5.69 Å². The van der Waals surface area contributed by atoms with Gasteiger partial charge in [0.25, 0.3) is 5.91 Å². The molecule has 1 N–H and O–H groups in total. The number of rotatable bonds is 2. The molecule has 5 nitrogen and oxygen atoms in total. The minimum Gasteiger partial charge on any atom is -0.356 e. The number of hydrogen-bond donors (Lipinski definition) is 1. The van der Waals surface area contributed by atoms with Crippen molar-refractivity contribution in [2.75, 3.05) is 13.1 Å². The number of hydrogen-bond acceptors (Lipinski definition) is 2. The molecule has 0 spiro atoms. The average molecular weight is 343 g/mol. The van der Waals surface area contributed by atoms with Crippen LogP contribution in [-0.4, -0.2) is 45.7 Å². The molecule has 2 aliphatic rings. The first-order chi connectivity index (χ1) is 11.9. The number of amides is 2. The van der Waals surface area contributed by atoms with E-state index in [2.05, 4.69) is 4.98 Å². The quantitative estimate of drug-likeness (QED) is 0.911. The number of halogens is 1. The van der Waals surface area contributed by atoms with Crippen LogP contribution in [0.3, 0.4) is 0 Å². The van der Waals surface area contributed by atoms with Gasteiger partial charge in [-0.3, -0.25) is 9.59 Å². The lowest BCUT2D eigenvalue weighted by Crippen LogP contribution is -2.68. The Morgan fingerprint density at radius 1 is 1.36 bits per heavy atom. The maximum Gasteiger partial charge on any atom is 0.255 e. The van der Waals surface area contributed by atoms with E-state index < -0.39 is 5.54 Å². The molecule has 2 aliphatic heterocycles. The van der Waals surface area contributed by atoms with Gasteiger partial charge in [-0.1, -0.05) is 6.92 Å². The molecule has 132 valence electrons. The van der Waals surface area contributed by atoms with Crippen LogP contribution in [0.1, 0.15) is 38.4 Å². The number of benzene rings is 1. The number of aromatic nitrogens is 1. The lowest BCUT2D eigenvalue weighted by molar-refractivity contribution is -0.168. The van der Waals surface area contributed by atoms with E-state index in [1.165, 1.54) is 12.1 Å². The van der Waals surface area contributed by atoms with Gasteiger partial charge in [0.2, 0.25) is 5.91 Å². The van der Waals surface area contributed by atoms with Crippen LogP contribution in [0.5, 0.6) is 0 Å². The molecule has 0 aliphatic carbocycles. The van der Waals surface area contributed by atoms with Gasteiger partial charge in [-0.05, 0) is 50.5 Å². The molecule has 25 heavy (non-hydrogen) atoms. The van der Waals surface area contributed by atoms with E-state index in [-0.39, 0.29) is 30.2 Å². The molecule has 1 aromatic carbocycles. The van der Waals surface area contributed by atoms with Crippen molar-refractivity contribution in [1.29, 1.82) is 0 Å². The molecule has 1 fully saturated rings. The molecule has 1 aromatic heterocycles. The first-order valence-corrected chi connectivity index (χ1v) is 8.80. The molecule has 2 amide bonds. The van der Waals surface area contributed by atoms with Gasteiger partial charge in [0.1, 0.15) is 12.4 Å². The fourth-order valence-corrected chi connectivity index (χ4v) is 4.23. The van der Waals surface area contributed by atoms with Gasteiger partial charge in [0, 0.05) is 23.5 Å². The molecule has 2 atom stereocenters.